The summed E-state index contributed by atoms with van der Waals surface area (Å²) >= 11 is 3.09. The fourth-order valence-electron chi connectivity index (χ4n) is 1.66. The lowest BCUT2D eigenvalue weighted by Gasteiger charge is -2.18. The fourth-order valence-corrected chi connectivity index (χ4v) is 2.10. The van der Waals surface area contributed by atoms with E-state index >= 15 is 0 Å². The van der Waals surface area contributed by atoms with Gasteiger partial charge in [0.15, 0.2) is 0 Å². The highest BCUT2D eigenvalue weighted by molar-refractivity contribution is 9.10. The summed E-state index contributed by atoms with van der Waals surface area (Å²) in [6.07, 6.45) is 0. The number of nitrogens with zero attached hydrogens (tertiary/aromatic N) is 1. The van der Waals surface area contributed by atoms with E-state index in [1.807, 2.05) is 0 Å². The molecule has 0 saturated carbocycles. The normalized spacial score (nSPS) is 10.3. The summed E-state index contributed by atoms with van der Waals surface area (Å²) in [5.74, 6) is -0.757. The number of carbonyl (C=O) groups excluding carboxylic acids is 1. The van der Waals surface area contributed by atoms with Crippen molar-refractivity contribution in [1.82, 2.24) is 0 Å². The first-order chi connectivity index (χ1) is 9.00. The monoisotopic (exact) mass is 322 g/mol. The van der Waals surface area contributed by atoms with E-state index in [0.717, 1.165) is 0 Å². The van der Waals surface area contributed by atoms with E-state index in [9.17, 15) is 9.18 Å². The number of hydrogen-bond donors (Lipinski definition) is 1. The molecular weight excluding hydrogens is 311 g/mol. The van der Waals surface area contributed by atoms with Crippen LogP contribution >= 0.6 is 15.9 Å². The van der Waals surface area contributed by atoms with E-state index in [1.165, 1.54) is 17.0 Å². The number of halogens is 2. The SMILES string of the molecule is CN(C(=O)c1cccc(F)c1Br)c1ccc(N)cc1. The van der Waals surface area contributed by atoms with Crippen LogP contribution in [0.2, 0.25) is 0 Å². The molecule has 2 aromatic rings. The Kier molecular flexibility index (Phi) is 3.85. The summed E-state index contributed by atoms with van der Waals surface area (Å²) in [6.45, 7) is 0. The molecule has 0 atom stereocenters. The van der Waals surface area contributed by atoms with Crippen molar-refractivity contribution in [2.45, 2.75) is 0 Å². The maximum Gasteiger partial charge on any atom is 0.259 e. The number of anilines is 2. The van der Waals surface area contributed by atoms with Crippen LogP contribution < -0.4 is 10.6 Å². The summed E-state index contributed by atoms with van der Waals surface area (Å²) in [6, 6.07) is 11.3. The zero-order valence-corrected chi connectivity index (χ0v) is 11.8. The quantitative estimate of drug-likeness (QED) is 0.861. The van der Waals surface area contributed by atoms with Crippen LogP contribution in [0.3, 0.4) is 0 Å². The first kappa shape index (κ1) is 13.5. The summed E-state index contributed by atoms with van der Waals surface area (Å²) in [7, 11) is 1.63. The van der Waals surface area contributed by atoms with Crippen molar-refractivity contribution in [3.8, 4) is 0 Å². The molecular formula is C14H12BrFN2O. The van der Waals surface area contributed by atoms with Gasteiger partial charge in [-0.1, -0.05) is 6.07 Å². The minimum absolute atomic E-state index is 0.169. The average Bonchev–Trinajstić information content (AvgIpc) is 2.41. The van der Waals surface area contributed by atoms with Gasteiger partial charge < -0.3 is 10.6 Å². The first-order valence-corrected chi connectivity index (χ1v) is 6.37. The maximum atomic E-state index is 13.4. The summed E-state index contributed by atoms with van der Waals surface area (Å²) in [5.41, 5.74) is 7.19. The lowest BCUT2D eigenvalue weighted by molar-refractivity contribution is 0.0992. The zero-order valence-electron chi connectivity index (χ0n) is 10.2. The lowest BCUT2D eigenvalue weighted by Crippen LogP contribution is -2.26. The van der Waals surface area contributed by atoms with Crippen LogP contribution in [0.25, 0.3) is 0 Å². The number of carbonyl (C=O) groups is 1. The molecule has 0 aliphatic heterocycles. The maximum absolute atomic E-state index is 13.4. The molecule has 0 aliphatic rings. The molecule has 98 valence electrons. The second-order valence-electron chi connectivity index (χ2n) is 4.06. The van der Waals surface area contributed by atoms with Crippen molar-refractivity contribution < 1.29 is 9.18 Å². The Labute approximate surface area is 119 Å². The highest BCUT2D eigenvalue weighted by atomic mass is 79.9. The second-order valence-corrected chi connectivity index (χ2v) is 4.85. The van der Waals surface area contributed by atoms with E-state index in [2.05, 4.69) is 15.9 Å². The van der Waals surface area contributed by atoms with Gasteiger partial charge >= 0.3 is 0 Å². The van der Waals surface area contributed by atoms with Crippen LogP contribution in [0.1, 0.15) is 10.4 Å². The van der Waals surface area contributed by atoms with Crippen molar-refractivity contribution in [2.24, 2.45) is 0 Å². The Morgan fingerprint density at radius 3 is 2.47 bits per heavy atom. The molecule has 3 nitrogen and oxygen atoms in total. The Bertz CT molecular complexity index is 613. The molecule has 19 heavy (non-hydrogen) atoms. The summed E-state index contributed by atoms with van der Waals surface area (Å²) in [4.78, 5) is 13.7. The third-order valence-corrected chi connectivity index (χ3v) is 3.57. The van der Waals surface area contributed by atoms with Crippen molar-refractivity contribution in [3.63, 3.8) is 0 Å². The van der Waals surface area contributed by atoms with Crippen LogP contribution in [0, 0.1) is 5.82 Å². The first-order valence-electron chi connectivity index (χ1n) is 5.58. The average molecular weight is 323 g/mol. The van der Waals surface area contributed by atoms with Crippen LogP contribution in [-0.2, 0) is 0 Å². The van der Waals surface area contributed by atoms with E-state index in [4.69, 9.17) is 5.73 Å². The lowest BCUT2D eigenvalue weighted by atomic mass is 10.2. The Morgan fingerprint density at radius 2 is 1.84 bits per heavy atom. The zero-order chi connectivity index (χ0) is 14.0. The Balaban J connectivity index is 2.33. The number of nitrogen functional groups attached to an aromatic ring is 1. The summed E-state index contributed by atoms with van der Waals surface area (Å²) < 4.78 is 13.6. The smallest absolute Gasteiger partial charge is 0.259 e. The predicted octanol–water partition coefficient (Wildman–Crippen LogP) is 3.45. The van der Waals surface area contributed by atoms with Crippen LogP contribution in [-0.4, -0.2) is 13.0 Å². The van der Waals surface area contributed by atoms with Gasteiger partial charge in [0, 0.05) is 18.4 Å². The van der Waals surface area contributed by atoms with Gasteiger partial charge in [0.05, 0.1) is 10.0 Å². The van der Waals surface area contributed by atoms with Crippen molar-refractivity contribution in [3.05, 3.63) is 58.3 Å². The molecule has 5 heteroatoms. The number of rotatable bonds is 2. The van der Waals surface area contributed by atoms with Crippen molar-refractivity contribution >= 4 is 33.2 Å². The fraction of sp³-hybridized carbons (Fsp3) is 0.0714. The third-order valence-electron chi connectivity index (χ3n) is 2.77. The highest BCUT2D eigenvalue weighted by Crippen LogP contribution is 2.24. The molecule has 0 aliphatic carbocycles. The molecule has 0 bridgehead atoms. The minimum atomic E-state index is -0.462. The minimum Gasteiger partial charge on any atom is -0.399 e. The predicted molar refractivity (Wildman–Crippen MR) is 77.7 cm³/mol. The largest absolute Gasteiger partial charge is 0.399 e. The number of benzene rings is 2. The van der Waals surface area contributed by atoms with Gasteiger partial charge in [0.1, 0.15) is 5.82 Å². The van der Waals surface area contributed by atoms with Crippen LogP contribution in [0.4, 0.5) is 15.8 Å². The third kappa shape index (κ3) is 2.76. The molecule has 0 heterocycles. The van der Waals surface area contributed by atoms with Gasteiger partial charge in [0.25, 0.3) is 5.91 Å². The van der Waals surface area contributed by atoms with Gasteiger partial charge in [-0.3, -0.25) is 4.79 Å². The number of hydrogen-bond acceptors (Lipinski definition) is 2. The molecule has 0 saturated heterocycles. The molecule has 0 fully saturated rings. The summed E-state index contributed by atoms with van der Waals surface area (Å²) in [5, 5.41) is 0. The van der Waals surface area contributed by atoms with Gasteiger partial charge in [-0.05, 0) is 52.3 Å². The van der Waals surface area contributed by atoms with Gasteiger partial charge in [0.2, 0.25) is 0 Å². The van der Waals surface area contributed by atoms with Crippen LogP contribution in [0.5, 0.6) is 0 Å². The molecule has 0 aromatic heterocycles. The molecule has 0 unspecified atom stereocenters. The second kappa shape index (κ2) is 5.40. The molecule has 2 aromatic carbocycles. The highest BCUT2D eigenvalue weighted by Gasteiger charge is 2.18. The van der Waals surface area contributed by atoms with E-state index in [1.54, 1.807) is 37.4 Å². The van der Waals surface area contributed by atoms with Gasteiger partial charge in [-0.2, -0.15) is 0 Å². The Hall–Kier alpha value is -1.88. The molecule has 1 amide bonds. The molecule has 0 radical (unpaired) electrons. The van der Waals surface area contributed by atoms with E-state index in [-0.39, 0.29) is 15.9 Å². The van der Waals surface area contributed by atoms with E-state index < -0.39 is 5.82 Å². The van der Waals surface area contributed by atoms with Crippen LogP contribution in [0.15, 0.2) is 46.9 Å². The van der Waals surface area contributed by atoms with E-state index in [0.29, 0.717) is 11.4 Å². The molecule has 2 rings (SSSR count). The Morgan fingerprint density at radius 1 is 1.21 bits per heavy atom. The molecule has 2 N–H and O–H groups in total. The van der Waals surface area contributed by atoms with Gasteiger partial charge in [-0.25, -0.2) is 4.39 Å². The van der Waals surface area contributed by atoms with Crippen molar-refractivity contribution in [2.75, 3.05) is 17.7 Å². The van der Waals surface area contributed by atoms with Crippen molar-refractivity contribution in [1.29, 1.82) is 0 Å². The number of nitrogens with two attached hydrogens (primary N) is 1. The molecule has 0 spiro atoms. The van der Waals surface area contributed by atoms with Gasteiger partial charge in [-0.15, -0.1) is 0 Å². The number of amides is 1. The topological polar surface area (TPSA) is 46.3 Å². The standard InChI is InChI=1S/C14H12BrFN2O/c1-18(10-7-5-9(17)6-8-10)14(19)11-3-2-4-12(16)13(11)15/h2-8H,17H2,1H3.